The Morgan fingerprint density at radius 2 is 1.96 bits per heavy atom. The molecule has 1 aromatic heterocycles. The molecular formula is C16H25ClN3O3S2+. The molecule has 2 fully saturated rings. The molecule has 1 aromatic rings. The van der Waals surface area contributed by atoms with Gasteiger partial charge in [0.15, 0.2) is 6.04 Å². The highest BCUT2D eigenvalue weighted by Crippen LogP contribution is 2.28. The quantitative estimate of drug-likeness (QED) is 0.757. The Bertz CT molecular complexity index is 708. The van der Waals surface area contributed by atoms with E-state index in [4.69, 9.17) is 11.6 Å². The second kappa shape index (κ2) is 7.92. The summed E-state index contributed by atoms with van der Waals surface area (Å²) in [7, 11) is -3.48. The highest BCUT2D eigenvalue weighted by atomic mass is 35.5. The molecule has 0 spiro atoms. The van der Waals surface area contributed by atoms with Crippen molar-refractivity contribution in [2.45, 2.75) is 48.9 Å². The normalized spacial score (nSPS) is 22.2. The molecule has 6 nitrogen and oxygen atoms in total. The van der Waals surface area contributed by atoms with Crippen LogP contribution < -0.4 is 10.2 Å². The Balaban J connectivity index is 1.55. The smallest absolute Gasteiger partial charge is 0.278 e. The lowest BCUT2D eigenvalue weighted by Crippen LogP contribution is -3.19. The van der Waals surface area contributed by atoms with Crippen molar-refractivity contribution in [3.8, 4) is 0 Å². The van der Waals surface area contributed by atoms with Crippen molar-refractivity contribution in [1.29, 1.82) is 0 Å². The van der Waals surface area contributed by atoms with E-state index in [2.05, 4.69) is 5.32 Å². The van der Waals surface area contributed by atoms with Gasteiger partial charge in [-0.2, -0.15) is 4.31 Å². The first kappa shape index (κ1) is 19.1. The van der Waals surface area contributed by atoms with Crippen LogP contribution in [-0.2, 0) is 14.8 Å². The maximum absolute atomic E-state index is 12.6. The summed E-state index contributed by atoms with van der Waals surface area (Å²) in [5, 5.41) is 3.14. The molecule has 25 heavy (non-hydrogen) atoms. The molecule has 0 bridgehead atoms. The molecule has 2 N–H and O–H groups in total. The van der Waals surface area contributed by atoms with Crippen LogP contribution in [0.5, 0.6) is 0 Å². The highest BCUT2D eigenvalue weighted by molar-refractivity contribution is 7.91. The fourth-order valence-corrected chi connectivity index (χ4v) is 6.67. The molecular weight excluding hydrogens is 382 g/mol. The zero-order chi connectivity index (χ0) is 18.0. The Labute approximate surface area is 158 Å². The average molecular weight is 407 g/mol. The first-order valence-corrected chi connectivity index (χ1v) is 11.4. The average Bonchev–Trinajstić information content (AvgIpc) is 3.26. The van der Waals surface area contributed by atoms with Crippen molar-refractivity contribution in [2.75, 3.05) is 26.2 Å². The summed E-state index contributed by atoms with van der Waals surface area (Å²) >= 11 is 6.94. The molecule has 0 radical (unpaired) electrons. The number of quaternary nitrogens is 1. The molecule has 1 aliphatic heterocycles. The number of nitrogens with zero attached hydrogens (tertiary/aromatic N) is 1. The second-order valence-corrected chi connectivity index (χ2v) is 10.7. The molecule has 2 heterocycles. The van der Waals surface area contributed by atoms with Gasteiger partial charge in [0.1, 0.15) is 4.21 Å². The predicted molar refractivity (Wildman–Crippen MR) is 98.6 cm³/mol. The van der Waals surface area contributed by atoms with Gasteiger partial charge < -0.3 is 10.2 Å². The summed E-state index contributed by atoms with van der Waals surface area (Å²) in [5.41, 5.74) is 0. The molecule has 1 amide bonds. The number of amides is 1. The molecule has 9 heteroatoms. The summed E-state index contributed by atoms with van der Waals surface area (Å²) in [6.07, 6.45) is 4.53. The number of halogens is 1. The van der Waals surface area contributed by atoms with E-state index >= 15 is 0 Å². The number of carbonyl (C=O) groups excluding carboxylic acids is 1. The number of sulfonamides is 1. The largest absolute Gasteiger partial charge is 0.348 e. The van der Waals surface area contributed by atoms with Gasteiger partial charge >= 0.3 is 0 Å². The van der Waals surface area contributed by atoms with Crippen molar-refractivity contribution >= 4 is 38.9 Å². The topological polar surface area (TPSA) is 70.9 Å². The van der Waals surface area contributed by atoms with E-state index in [1.807, 2.05) is 6.92 Å². The van der Waals surface area contributed by atoms with E-state index in [-0.39, 0.29) is 16.2 Å². The number of piperazine rings is 1. The van der Waals surface area contributed by atoms with Crippen LogP contribution in [0.4, 0.5) is 0 Å². The number of hydrogen-bond donors (Lipinski definition) is 2. The van der Waals surface area contributed by atoms with Crippen LogP contribution in [0.25, 0.3) is 0 Å². The monoisotopic (exact) mass is 406 g/mol. The minimum atomic E-state index is -3.48. The number of hydrogen-bond acceptors (Lipinski definition) is 4. The van der Waals surface area contributed by atoms with Gasteiger partial charge in [0.25, 0.3) is 15.9 Å². The fraction of sp³-hybridized carbons (Fsp3) is 0.688. The second-order valence-electron chi connectivity index (χ2n) is 6.83. The van der Waals surface area contributed by atoms with Gasteiger partial charge in [0.05, 0.1) is 30.5 Å². The lowest BCUT2D eigenvalue weighted by molar-refractivity contribution is -0.917. The predicted octanol–water partition coefficient (Wildman–Crippen LogP) is 0.738. The zero-order valence-electron chi connectivity index (χ0n) is 14.3. The van der Waals surface area contributed by atoms with Crippen LogP contribution in [0.15, 0.2) is 16.3 Å². The Kier molecular flexibility index (Phi) is 6.05. The lowest BCUT2D eigenvalue weighted by atomic mass is 10.2. The van der Waals surface area contributed by atoms with E-state index in [0.29, 0.717) is 36.6 Å². The summed E-state index contributed by atoms with van der Waals surface area (Å²) in [6.45, 7) is 4.06. The molecule has 1 aliphatic carbocycles. The maximum atomic E-state index is 12.6. The summed E-state index contributed by atoms with van der Waals surface area (Å²) in [4.78, 5) is 13.6. The standard InChI is InChI=1S/C16H24ClN3O3S2/c1-12(16(21)18-13-4-2-3-5-13)19-8-10-20(11-9-19)25(22,23)15-7-6-14(17)24-15/h6-7,12-13H,2-5,8-11H2,1H3,(H,18,21)/p+1/t12-/m1/s1. The van der Waals surface area contributed by atoms with Crippen molar-refractivity contribution < 1.29 is 18.1 Å². The summed E-state index contributed by atoms with van der Waals surface area (Å²) < 4.78 is 27.5. The van der Waals surface area contributed by atoms with Crippen LogP contribution in [0.1, 0.15) is 32.6 Å². The maximum Gasteiger partial charge on any atom is 0.278 e. The van der Waals surface area contributed by atoms with Gasteiger partial charge in [-0.05, 0) is 31.9 Å². The minimum Gasteiger partial charge on any atom is -0.348 e. The molecule has 2 aliphatic rings. The molecule has 1 saturated heterocycles. The minimum absolute atomic E-state index is 0.0863. The van der Waals surface area contributed by atoms with Crippen LogP contribution in [-0.4, -0.2) is 56.9 Å². The Morgan fingerprint density at radius 3 is 2.52 bits per heavy atom. The molecule has 3 rings (SSSR count). The van der Waals surface area contributed by atoms with Gasteiger partial charge in [0, 0.05) is 6.04 Å². The summed E-state index contributed by atoms with van der Waals surface area (Å²) in [5.74, 6) is 0.0863. The molecule has 1 saturated carbocycles. The van der Waals surface area contributed by atoms with Gasteiger partial charge in [-0.15, -0.1) is 11.3 Å². The third-order valence-electron chi connectivity index (χ3n) is 5.21. The fourth-order valence-electron chi connectivity index (χ4n) is 3.59. The molecule has 1 atom stereocenters. The van der Waals surface area contributed by atoms with Gasteiger partial charge in [-0.3, -0.25) is 4.79 Å². The van der Waals surface area contributed by atoms with E-state index in [9.17, 15) is 13.2 Å². The van der Waals surface area contributed by atoms with Gasteiger partial charge in [-0.1, -0.05) is 24.4 Å². The van der Waals surface area contributed by atoms with Crippen molar-refractivity contribution in [3.05, 3.63) is 16.5 Å². The van der Waals surface area contributed by atoms with Crippen molar-refractivity contribution in [2.24, 2.45) is 0 Å². The van der Waals surface area contributed by atoms with Crippen LogP contribution in [0, 0.1) is 0 Å². The van der Waals surface area contributed by atoms with E-state index in [1.165, 1.54) is 17.1 Å². The van der Waals surface area contributed by atoms with Crippen LogP contribution in [0.2, 0.25) is 4.34 Å². The lowest BCUT2D eigenvalue weighted by Gasteiger charge is -2.34. The van der Waals surface area contributed by atoms with E-state index in [1.54, 1.807) is 12.1 Å². The third kappa shape index (κ3) is 4.36. The Morgan fingerprint density at radius 1 is 1.32 bits per heavy atom. The van der Waals surface area contributed by atoms with Gasteiger partial charge in [0.2, 0.25) is 0 Å². The van der Waals surface area contributed by atoms with Crippen molar-refractivity contribution in [3.63, 3.8) is 0 Å². The highest BCUT2D eigenvalue weighted by Gasteiger charge is 2.35. The number of nitrogens with one attached hydrogen (secondary N) is 2. The number of thiophene rings is 1. The zero-order valence-corrected chi connectivity index (χ0v) is 16.7. The summed E-state index contributed by atoms with van der Waals surface area (Å²) in [6, 6.07) is 3.33. The first-order chi connectivity index (χ1) is 11.9. The van der Waals surface area contributed by atoms with Crippen molar-refractivity contribution in [1.82, 2.24) is 9.62 Å². The SMILES string of the molecule is C[C@H](C(=O)NC1CCCC1)[NH+]1CCN(S(=O)(=O)c2ccc(Cl)s2)CC1. The molecule has 0 aromatic carbocycles. The molecule has 0 unspecified atom stereocenters. The van der Waals surface area contributed by atoms with E-state index in [0.717, 1.165) is 29.1 Å². The van der Waals surface area contributed by atoms with Crippen LogP contribution >= 0.6 is 22.9 Å². The third-order valence-corrected chi connectivity index (χ3v) is 8.81. The first-order valence-electron chi connectivity index (χ1n) is 8.78. The molecule has 140 valence electrons. The van der Waals surface area contributed by atoms with E-state index < -0.39 is 10.0 Å². The Hall–Kier alpha value is -0.670. The number of carbonyl (C=O) groups is 1. The number of rotatable bonds is 5. The van der Waals surface area contributed by atoms with Crippen LogP contribution in [0.3, 0.4) is 0 Å². The van der Waals surface area contributed by atoms with Gasteiger partial charge in [-0.25, -0.2) is 8.42 Å².